The topological polar surface area (TPSA) is 104 Å². The number of rotatable bonds is 7. The molecule has 1 aromatic heterocycles. The van der Waals surface area contributed by atoms with E-state index in [4.69, 9.17) is 9.73 Å². The Labute approximate surface area is 208 Å². The van der Waals surface area contributed by atoms with Gasteiger partial charge in [-0.05, 0) is 54.6 Å². The van der Waals surface area contributed by atoms with E-state index in [0.717, 1.165) is 5.56 Å². The average molecular weight is 498 g/mol. The van der Waals surface area contributed by atoms with E-state index in [1.165, 1.54) is 6.07 Å². The Kier molecular flexibility index (Phi) is 6.18. The number of fused-ring (bicyclic) bond motifs is 1. The summed E-state index contributed by atoms with van der Waals surface area (Å²) in [6, 6.07) is 30.0. The van der Waals surface area contributed by atoms with Gasteiger partial charge < -0.3 is 14.8 Å². The third-order valence-corrected chi connectivity index (χ3v) is 7.06. The van der Waals surface area contributed by atoms with Crippen LogP contribution >= 0.6 is 0 Å². The first-order chi connectivity index (χ1) is 17.4. The number of ether oxygens (including phenoxy) is 1. The summed E-state index contributed by atoms with van der Waals surface area (Å²) in [5.41, 5.74) is 3.36. The van der Waals surface area contributed by atoms with Crippen molar-refractivity contribution in [3.8, 4) is 11.6 Å². The molecule has 7 nitrogen and oxygen atoms in total. The number of aliphatic imine (C=N–C) groups is 1. The molecule has 0 saturated carbocycles. The SMILES string of the molecule is COc1ccc(N=C(c2ccccc2)c2c(O)[nH]c3ccc(S(=O)(=O)Nc4ccccc4)cc23)cc1. The fraction of sp³-hybridized carbons (Fsp3) is 0.0357. The number of nitrogens with zero attached hydrogens (tertiary/aromatic N) is 1. The maximum Gasteiger partial charge on any atom is 0.261 e. The molecule has 0 fully saturated rings. The molecule has 0 saturated heterocycles. The summed E-state index contributed by atoms with van der Waals surface area (Å²) in [4.78, 5) is 7.85. The molecule has 0 amide bonds. The number of anilines is 1. The highest BCUT2D eigenvalue weighted by atomic mass is 32.2. The Morgan fingerprint density at radius 2 is 1.56 bits per heavy atom. The number of para-hydroxylation sites is 1. The van der Waals surface area contributed by atoms with E-state index in [2.05, 4.69) is 9.71 Å². The van der Waals surface area contributed by atoms with Crippen LogP contribution in [0.2, 0.25) is 0 Å². The predicted molar refractivity (Wildman–Crippen MR) is 142 cm³/mol. The van der Waals surface area contributed by atoms with Crippen molar-refractivity contribution in [2.24, 2.45) is 4.99 Å². The Morgan fingerprint density at radius 1 is 0.889 bits per heavy atom. The van der Waals surface area contributed by atoms with Crippen LogP contribution in [0.15, 0.2) is 113 Å². The molecule has 5 rings (SSSR count). The summed E-state index contributed by atoms with van der Waals surface area (Å²) >= 11 is 0. The summed E-state index contributed by atoms with van der Waals surface area (Å²) in [6.07, 6.45) is 0. The Balaban J connectivity index is 1.66. The second kappa shape index (κ2) is 9.59. The van der Waals surface area contributed by atoms with Crippen LogP contribution in [0.25, 0.3) is 10.9 Å². The highest BCUT2D eigenvalue weighted by Crippen LogP contribution is 2.33. The molecule has 1 heterocycles. The van der Waals surface area contributed by atoms with Crippen LogP contribution in [0.5, 0.6) is 11.6 Å². The smallest absolute Gasteiger partial charge is 0.261 e. The van der Waals surface area contributed by atoms with Gasteiger partial charge in [0.15, 0.2) is 5.88 Å². The van der Waals surface area contributed by atoms with Gasteiger partial charge in [-0.2, -0.15) is 0 Å². The maximum atomic E-state index is 13.1. The van der Waals surface area contributed by atoms with Crippen LogP contribution < -0.4 is 9.46 Å². The lowest BCUT2D eigenvalue weighted by Gasteiger charge is -2.10. The lowest BCUT2D eigenvalue weighted by atomic mass is 10.0. The van der Waals surface area contributed by atoms with Crippen LogP contribution in [-0.4, -0.2) is 31.3 Å². The van der Waals surface area contributed by atoms with Gasteiger partial charge in [-0.3, -0.25) is 4.72 Å². The van der Waals surface area contributed by atoms with E-state index < -0.39 is 10.0 Å². The van der Waals surface area contributed by atoms with Crippen molar-refractivity contribution in [2.45, 2.75) is 4.90 Å². The molecule has 3 N–H and O–H groups in total. The average Bonchev–Trinajstić information content (AvgIpc) is 3.23. The molecule has 5 aromatic rings. The van der Waals surface area contributed by atoms with Crippen LogP contribution in [0.4, 0.5) is 11.4 Å². The standard InChI is InChI=1S/C28H23N3O4S/c1-35-22-14-12-20(13-15-22)29-27(19-8-4-2-5-9-19)26-24-18-23(16-17-25(24)30-28(26)32)36(33,34)31-21-10-6-3-7-11-21/h2-18,30-32H,1H3. The van der Waals surface area contributed by atoms with Gasteiger partial charge in [0.05, 0.1) is 29.0 Å². The maximum absolute atomic E-state index is 13.1. The monoisotopic (exact) mass is 497 g/mol. The third kappa shape index (κ3) is 4.67. The number of aromatic nitrogens is 1. The van der Waals surface area contributed by atoms with Gasteiger partial charge in [-0.1, -0.05) is 48.5 Å². The zero-order valence-electron chi connectivity index (χ0n) is 19.3. The molecule has 0 aliphatic heterocycles. The van der Waals surface area contributed by atoms with Crippen molar-refractivity contribution in [3.63, 3.8) is 0 Å². The lowest BCUT2D eigenvalue weighted by Crippen LogP contribution is -2.12. The first-order valence-corrected chi connectivity index (χ1v) is 12.6. The van der Waals surface area contributed by atoms with Gasteiger partial charge in [0, 0.05) is 22.2 Å². The summed E-state index contributed by atoms with van der Waals surface area (Å²) in [6.45, 7) is 0. The number of hydrogen-bond donors (Lipinski definition) is 3. The molecule has 0 radical (unpaired) electrons. The van der Waals surface area contributed by atoms with Crippen molar-refractivity contribution in [1.82, 2.24) is 4.98 Å². The van der Waals surface area contributed by atoms with Crippen LogP contribution in [0, 0.1) is 0 Å². The van der Waals surface area contributed by atoms with Crippen LogP contribution in [0.1, 0.15) is 11.1 Å². The number of aromatic amines is 1. The van der Waals surface area contributed by atoms with Crippen molar-refractivity contribution in [1.29, 1.82) is 0 Å². The minimum Gasteiger partial charge on any atom is -0.497 e. The largest absolute Gasteiger partial charge is 0.497 e. The van der Waals surface area contributed by atoms with Crippen LogP contribution in [-0.2, 0) is 10.0 Å². The summed E-state index contributed by atoms with van der Waals surface area (Å²) in [5.74, 6) is 0.595. The van der Waals surface area contributed by atoms with E-state index in [1.807, 2.05) is 48.5 Å². The molecule has 0 unspecified atom stereocenters. The third-order valence-electron chi connectivity index (χ3n) is 5.68. The minimum absolute atomic E-state index is 0.0657. The number of aromatic hydroxyl groups is 1. The number of sulfonamides is 1. The van der Waals surface area contributed by atoms with E-state index in [9.17, 15) is 13.5 Å². The molecule has 4 aromatic carbocycles. The minimum atomic E-state index is -3.87. The van der Waals surface area contributed by atoms with Gasteiger partial charge in [0.2, 0.25) is 0 Å². The zero-order chi connectivity index (χ0) is 25.1. The Hall–Kier alpha value is -4.56. The quantitative estimate of drug-likeness (QED) is 0.245. The molecule has 0 spiro atoms. The predicted octanol–water partition coefficient (Wildman–Crippen LogP) is 5.85. The molecule has 0 aliphatic rings. The second-order valence-corrected chi connectivity index (χ2v) is 9.73. The van der Waals surface area contributed by atoms with E-state index in [1.54, 1.807) is 55.6 Å². The van der Waals surface area contributed by atoms with Crippen molar-refractivity contribution >= 4 is 38.0 Å². The Bertz CT molecular complexity index is 1640. The summed E-state index contributed by atoms with van der Waals surface area (Å²) in [7, 11) is -2.28. The van der Waals surface area contributed by atoms with Gasteiger partial charge in [0.1, 0.15) is 5.75 Å². The number of hydrogen-bond acceptors (Lipinski definition) is 5. The number of benzene rings is 4. The number of methoxy groups -OCH3 is 1. The van der Waals surface area contributed by atoms with Crippen molar-refractivity contribution in [2.75, 3.05) is 11.8 Å². The second-order valence-electron chi connectivity index (χ2n) is 8.05. The van der Waals surface area contributed by atoms with Gasteiger partial charge in [-0.15, -0.1) is 0 Å². The molecular weight excluding hydrogens is 474 g/mol. The van der Waals surface area contributed by atoms with E-state index in [0.29, 0.717) is 39.3 Å². The molecule has 0 aliphatic carbocycles. The zero-order valence-corrected chi connectivity index (χ0v) is 20.2. The molecule has 36 heavy (non-hydrogen) atoms. The highest BCUT2D eigenvalue weighted by Gasteiger charge is 2.22. The van der Waals surface area contributed by atoms with Crippen LogP contribution in [0.3, 0.4) is 0 Å². The molecule has 0 atom stereocenters. The number of nitrogens with one attached hydrogen (secondary N) is 2. The fourth-order valence-corrected chi connectivity index (χ4v) is 5.02. The van der Waals surface area contributed by atoms with Crippen molar-refractivity contribution < 1.29 is 18.3 Å². The van der Waals surface area contributed by atoms with E-state index >= 15 is 0 Å². The highest BCUT2D eigenvalue weighted by molar-refractivity contribution is 7.92. The van der Waals surface area contributed by atoms with Gasteiger partial charge >= 0.3 is 0 Å². The summed E-state index contributed by atoms with van der Waals surface area (Å²) < 4.78 is 34.1. The number of H-pyrrole nitrogens is 1. The van der Waals surface area contributed by atoms with Gasteiger partial charge in [0.25, 0.3) is 10.0 Å². The molecule has 180 valence electrons. The normalized spacial score (nSPS) is 12.0. The molecular formula is C28H23N3O4S. The molecule has 0 bridgehead atoms. The fourth-order valence-electron chi connectivity index (χ4n) is 3.93. The Morgan fingerprint density at radius 3 is 2.22 bits per heavy atom. The lowest BCUT2D eigenvalue weighted by molar-refractivity contribution is 0.415. The first kappa shape index (κ1) is 23.2. The molecule has 8 heteroatoms. The van der Waals surface area contributed by atoms with E-state index in [-0.39, 0.29) is 10.8 Å². The first-order valence-electron chi connectivity index (χ1n) is 11.2. The summed E-state index contributed by atoms with van der Waals surface area (Å²) in [5, 5.41) is 11.5. The van der Waals surface area contributed by atoms with Crippen molar-refractivity contribution in [3.05, 3.63) is 114 Å². The van der Waals surface area contributed by atoms with Gasteiger partial charge in [-0.25, -0.2) is 13.4 Å².